The number of aryl methyl sites for hydroxylation is 1. The van der Waals surface area contributed by atoms with E-state index < -0.39 is 0 Å². The van der Waals surface area contributed by atoms with Crippen molar-refractivity contribution < 1.29 is 0 Å². The van der Waals surface area contributed by atoms with Gasteiger partial charge >= 0.3 is 0 Å². The second kappa shape index (κ2) is 4.18. The highest BCUT2D eigenvalue weighted by Gasteiger charge is 2.38. The molecule has 2 aliphatic carbocycles. The number of benzene rings is 1. The summed E-state index contributed by atoms with van der Waals surface area (Å²) in [7, 11) is 0. The molecule has 0 bridgehead atoms. The SMILES string of the molecule is Brc1cccc2c1C1(CCCCC1)CCC2. The van der Waals surface area contributed by atoms with Gasteiger partial charge in [0.05, 0.1) is 0 Å². The van der Waals surface area contributed by atoms with Gasteiger partial charge in [0.15, 0.2) is 0 Å². The average Bonchev–Trinajstić information content (AvgIpc) is 2.30. The van der Waals surface area contributed by atoms with Gasteiger partial charge in [0.1, 0.15) is 0 Å². The van der Waals surface area contributed by atoms with Crippen LogP contribution in [0.4, 0.5) is 0 Å². The fourth-order valence-electron chi connectivity index (χ4n) is 3.84. The highest BCUT2D eigenvalue weighted by molar-refractivity contribution is 9.10. The Hall–Kier alpha value is -0.300. The summed E-state index contributed by atoms with van der Waals surface area (Å²) in [5.41, 5.74) is 3.81. The summed E-state index contributed by atoms with van der Waals surface area (Å²) in [6, 6.07) is 6.78. The maximum atomic E-state index is 3.79. The maximum absolute atomic E-state index is 3.79. The quantitative estimate of drug-likeness (QED) is 0.627. The molecule has 0 amide bonds. The molecule has 0 heterocycles. The Bertz CT molecular complexity index is 388. The molecule has 0 atom stereocenters. The zero-order chi connectivity index (χ0) is 11.0. The van der Waals surface area contributed by atoms with Crippen LogP contribution < -0.4 is 0 Å². The van der Waals surface area contributed by atoms with Crippen molar-refractivity contribution in [1.82, 2.24) is 0 Å². The van der Waals surface area contributed by atoms with E-state index in [1.807, 2.05) is 0 Å². The van der Waals surface area contributed by atoms with Gasteiger partial charge in [-0.05, 0) is 54.7 Å². The first-order valence-electron chi connectivity index (χ1n) is 6.60. The fraction of sp³-hybridized carbons (Fsp3) is 0.600. The van der Waals surface area contributed by atoms with Gasteiger partial charge in [-0.3, -0.25) is 0 Å². The number of fused-ring (bicyclic) bond motifs is 2. The molecule has 1 aromatic carbocycles. The summed E-state index contributed by atoms with van der Waals surface area (Å²) in [4.78, 5) is 0. The lowest BCUT2D eigenvalue weighted by Gasteiger charge is -2.43. The van der Waals surface area contributed by atoms with E-state index in [4.69, 9.17) is 0 Å². The predicted molar refractivity (Wildman–Crippen MR) is 71.8 cm³/mol. The molecule has 3 rings (SSSR count). The molecule has 2 aliphatic rings. The van der Waals surface area contributed by atoms with Crippen LogP contribution in [0.5, 0.6) is 0 Å². The van der Waals surface area contributed by atoms with Crippen molar-refractivity contribution in [2.75, 3.05) is 0 Å². The van der Waals surface area contributed by atoms with Gasteiger partial charge in [-0.25, -0.2) is 0 Å². The summed E-state index contributed by atoms with van der Waals surface area (Å²) >= 11 is 3.79. The van der Waals surface area contributed by atoms with Crippen LogP contribution >= 0.6 is 15.9 Å². The normalized spacial score (nSPS) is 23.1. The molecule has 0 N–H and O–H groups in total. The summed E-state index contributed by atoms with van der Waals surface area (Å²) < 4.78 is 1.37. The molecular weight excluding hydrogens is 260 g/mol. The second-order valence-corrected chi connectivity index (χ2v) is 6.32. The minimum absolute atomic E-state index is 0.534. The largest absolute Gasteiger partial charge is 0.0609 e. The maximum Gasteiger partial charge on any atom is 0.0215 e. The third-order valence-electron chi connectivity index (χ3n) is 4.54. The molecule has 86 valence electrons. The molecule has 0 nitrogen and oxygen atoms in total. The fourth-order valence-corrected chi connectivity index (χ4v) is 4.67. The second-order valence-electron chi connectivity index (χ2n) is 5.47. The summed E-state index contributed by atoms with van der Waals surface area (Å²) in [6.45, 7) is 0. The minimum atomic E-state index is 0.534. The molecule has 1 aromatic rings. The third-order valence-corrected chi connectivity index (χ3v) is 5.20. The summed E-state index contributed by atoms with van der Waals surface area (Å²) in [6.07, 6.45) is 11.2. The van der Waals surface area contributed by atoms with Gasteiger partial charge < -0.3 is 0 Å². The van der Waals surface area contributed by atoms with Crippen molar-refractivity contribution >= 4 is 15.9 Å². The molecular formula is C15H19Br. The van der Waals surface area contributed by atoms with Gasteiger partial charge in [0, 0.05) is 4.47 Å². The van der Waals surface area contributed by atoms with E-state index in [1.165, 1.54) is 55.8 Å². The Morgan fingerprint density at radius 3 is 2.50 bits per heavy atom. The van der Waals surface area contributed by atoms with Gasteiger partial charge in [0.2, 0.25) is 0 Å². The standard InChI is InChI=1S/C15H19Br/c16-13-8-4-6-12-7-5-11-15(14(12)13)9-2-1-3-10-15/h4,6,8H,1-3,5,7,9-11H2. The molecule has 16 heavy (non-hydrogen) atoms. The van der Waals surface area contributed by atoms with E-state index in [2.05, 4.69) is 34.1 Å². The number of rotatable bonds is 0. The van der Waals surface area contributed by atoms with Crippen LogP contribution in [-0.2, 0) is 11.8 Å². The van der Waals surface area contributed by atoms with E-state index in [0.29, 0.717) is 5.41 Å². The van der Waals surface area contributed by atoms with Crippen LogP contribution in [0, 0.1) is 0 Å². The number of hydrogen-bond acceptors (Lipinski definition) is 0. The topological polar surface area (TPSA) is 0 Å². The molecule has 0 radical (unpaired) electrons. The Labute approximate surface area is 107 Å². The van der Waals surface area contributed by atoms with Gasteiger partial charge in [-0.2, -0.15) is 0 Å². The summed E-state index contributed by atoms with van der Waals surface area (Å²) in [5, 5.41) is 0. The van der Waals surface area contributed by atoms with Crippen molar-refractivity contribution in [2.24, 2.45) is 0 Å². The molecule has 0 aromatic heterocycles. The average molecular weight is 279 g/mol. The van der Waals surface area contributed by atoms with E-state index >= 15 is 0 Å². The lowest BCUT2D eigenvalue weighted by Crippen LogP contribution is -2.33. The van der Waals surface area contributed by atoms with Crippen LogP contribution in [0.2, 0.25) is 0 Å². The first kappa shape index (κ1) is 10.8. The van der Waals surface area contributed by atoms with Gasteiger partial charge in [-0.15, -0.1) is 0 Å². The van der Waals surface area contributed by atoms with Crippen molar-refractivity contribution in [2.45, 2.75) is 56.8 Å². The van der Waals surface area contributed by atoms with Crippen LogP contribution in [0.15, 0.2) is 22.7 Å². The van der Waals surface area contributed by atoms with E-state index in [1.54, 1.807) is 11.1 Å². The van der Waals surface area contributed by atoms with E-state index in [0.717, 1.165) is 0 Å². The predicted octanol–water partition coefficient (Wildman–Crippen LogP) is 4.99. The third kappa shape index (κ3) is 1.64. The lowest BCUT2D eigenvalue weighted by molar-refractivity contribution is 0.254. The van der Waals surface area contributed by atoms with Crippen LogP contribution in [-0.4, -0.2) is 0 Å². The van der Waals surface area contributed by atoms with Crippen LogP contribution in [0.3, 0.4) is 0 Å². The Balaban J connectivity index is 2.10. The lowest BCUT2D eigenvalue weighted by atomic mass is 9.62. The Morgan fingerprint density at radius 1 is 0.938 bits per heavy atom. The Kier molecular flexibility index (Phi) is 2.83. The van der Waals surface area contributed by atoms with Crippen LogP contribution in [0.25, 0.3) is 0 Å². The molecule has 1 saturated carbocycles. The molecule has 1 spiro atoms. The van der Waals surface area contributed by atoms with Crippen molar-refractivity contribution in [3.05, 3.63) is 33.8 Å². The smallest absolute Gasteiger partial charge is 0.0215 e. The molecule has 0 unspecified atom stereocenters. The monoisotopic (exact) mass is 278 g/mol. The highest BCUT2D eigenvalue weighted by Crippen LogP contribution is 2.49. The zero-order valence-electron chi connectivity index (χ0n) is 9.77. The molecule has 1 fully saturated rings. The zero-order valence-corrected chi connectivity index (χ0v) is 11.4. The van der Waals surface area contributed by atoms with E-state index in [9.17, 15) is 0 Å². The highest BCUT2D eigenvalue weighted by atomic mass is 79.9. The van der Waals surface area contributed by atoms with Crippen molar-refractivity contribution in [1.29, 1.82) is 0 Å². The number of halogens is 1. The molecule has 0 aliphatic heterocycles. The Morgan fingerprint density at radius 2 is 1.69 bits per heavy atom. The van der Waals surface area contributed by atoms with E-state index in [-0.39, 0.29) is 0 Å². The van der Waals surface area contributed by atoms with Crippen molar-refractivity contribution in [3.8, 4) is 0 Å². The van der Waals surface area contributed by atoms with Gasteiger partial charge in [-0.1, -0.05) is 47.3 Å². The van der Waals surface area contributed by atoms with Gasteiger partial charge in [0.25, 0.3) is 0 Å². The first-order valence-corrected chi connectivity index (χ1v) is 7.39. The van der Waals surface area contributed by atoms with Crippen LogP contribution in [0.1, 0.15) is 56.1 Å². The molecule has 0 saturated heterocycles. The first-order chi connectivity index (χ1) is 7.82. The number of hydrogen-bond donors (Lipinski definition) is 0. The summed E-state index contributed by atoms with van der Waals surface area (Å²) in [5.74, 6) is 0. The minimum Gasteiger partial charge on any atom is -0.0609 e. The molecule has 1 heteroatoms. The van der Waals surface area contributed by atoms with Crippen molar-refractivity contribution in [3.63, 3.8) is 0 Å².